The van der Waals surface area contributed by atoms with Crippen molar-refractivity contribution in [1.29, 1.82) is 0 Å². The number of esters is 1. The van der Waals surface area contributed by atoms with Crippen LogP contribution in [0, 0.1) is 5.92 Å². The highest BCUT2D eigenvalue weighted by Gasteiger charge is 2.42. The maximum atomic E-state index is 13.1. The van der Waals surface area contributed by atoms with E-state index in [-0.39, 0.29) is 11.0 Å². The number of ether oxygens (including phenoxy) is 2. The minimum Gasteiger partial charge on any atom is -0.467 e. The molecular formula is C21H42N2O6Si. The van der Waals surface area contributed by atoms with Gasteiger partial charge in [-0.2, -0.15) is 0 Å². The molecule has 0 heterocycles. The standard InChI is InChI=1S/C21H42N2O6Si/c1-13(2)15(18(25)27-10)22-17(24)16(23-19(26)28-20(4,5)6)14(3)29-30(11,12)21(7,8)9/h13-16H,1-12H3,(H,22,24)(H,23,26)/t14-,15+,16+/m1/s1. The summed E-state index contributed by atoms with van der Waals surface area (Å²) < 4.78 is 16.5. The van der Waals surface area contributed by atoms with E-state index in [4.69, 9.17) is 13.9 Å². The zero-order chi connectivity index (χ0) is 24.1. The molecule has 3 atom stereocenters. The van der Waals surface area contributed by atoms with Crippen LogP contribution < -0.4 is 10.6 Å². The smallest absolute Gasteiger partial charge is 0.408 e. The topological polar surface area (TPSA) is 103 Å². The summed E-state index contributed by atoms with van der Waals surface area (Å²) in [5.74, 6) is -1.27. The molecule has 176 valence electrons. The average Bonchev–Trinajstić information content (AvgIpc) is 2.53. The number of hydrogen-bond acceptors (Lipinski definition) is 6. The fourth-order valence-electron chi connectivity index (χ4n) is 2.41. The number of rotatable bonds is 8. The van der Waals surface area contributed by atoms with Gasteiger partial charge in [-0.15, -0.1) is 0 Å². The minimum absolute atomic E-state index is 0.0826. The molecule has 0 aliphatic carbocycles. The van der Waals surface area contributed by atoms with Crippen LogP contribution in [0.1, 0.15) is 62.3 Å². The molecule has 0 saturated heterocycles. The molecule has 0 saturated carbocycles. The summed E-state index contributed by atoms with van der Waals surface area (Å²) in [6.45, 7) is 21.0. The minimum atomic E-state index is -2.23. The summed E-state index contributed by atoms with van der Waals surface area (Å²) in [7, 11) is -0.961. The van der Waals surface area contributed by atoms with E-state index in [1.807, 2.05) is 0 Å². The van der Waals surface area contributed by atoms with Crippen molar-refractivity contribution < 1.29 is 28.3 Å². The van der Waals surface area contributed by atoms with Gasteiger partial charge in [-0.3, -0.25) is 4.79 Å². The Hall–Kier alpha value is -1.61. The van der Waals surface area contributed by atoms with Crippen molar-refractivity contribution in [1.82, 2.24) is 10.6 Å². The van der Waals surface area contributed by atoms with Gasteiger partial charge in [-0.05, 0) is 51.7 Å². The Morgan fingerprint density at radius 1 is 0.867 bits per heavy atom. The molecule has 9 heteroatoms. The predicted octanol–water partition coefficient (Wildman–Crippen LogP) is 3.60. The summed E-state index contributed by atoms with van der Waals surface area (Å²) in [4.78, 5) is 37.6. The van der Waals surface area contributed by atoms with Crippen LogP contribution >= 0.6 is 0 Å². The van der Waals surface area contributed by atoms with Crippen LogP contribution in [0.5, 0.6) is 0 Å². The molecule has 0 fully saturated rings. The lowest BCUT2D eigenvalue weighted by molar-refractivity contribution is -0.146. The second-order valence-electron chi connectivity index (χ2n) is 10.5. The van der Waals surface area contributed by atoms with Gasteiger partial charge in [0.15, 0.2) is 8.32 Å². The van der Waals surface area contributed by atoms with Crippen LogP contribution in [0.25, 0.3) is 0 Å². The third-order valence-corrected chi connectivity index (χ3v) is 9.70. The van der Waals surface area contributed by atoms with Gasteiger partial charge in [-0.1, -0.05) is 34.6 Å². The molecule has 0 aromatic heterocycles. The zero-order valence-electron chi connectivity index (χ0n) is 20.8. The molecule has 30 heavy (non-hydrogen) atoms. The maximum absolute atomic E-state index is 13.1. The first-order chi connectivity index (χ1) is 13.3. The van der Waals surface area contributed by atoms with Crippen LogP contribution in [-0.4, -0.2) is 57.2 Å². The Bertz CT molecular complexity index is 608. The third-order valence-electron chi connectivity index (χ3n) is 5.13. The largest absolute Gasteiger partial charge is 0.467 e. The molecule has 0 aromatic rings. The van der Waals surface area contributed by atoms with Crippen LogP contribution in [0.4, 0.5) is 4.79 Å². The van der Waals surface area contributed by atoms with Gasteiger partial charge >= 0.3 is 12.1 Å². The number of alkyl carbamates (subject to hydrolysis) is 1. The van der Waals surface area contributed by atoms with E-state index in [0.717, 1.165) is 0 Å². The first kappa shape index (κ1) is 28.4. The van der Waals surface area contributed by atoms with Crippen molar-refractivity contribution in [3.8, 4) is 0 Å². The first-order valence-electron chi connectivity index (χ1n) is 10.4. The Morgan fingerprint density at radius 3 is 1.73 bits per heavy atom. The predicted molar refractivity (Wildman–Crippen MR) is 120 cm³/mol. The summed E-state index contributed by atoms with van der Waals surface area (Å²) in [5, 5.41) is 5.23. The van der Waals surface area contributed by atoms with Gasteiger partial charge in [0.05, 0.1) is 13.2 Å². The lowest BCUT2D eigenvalue weighted by atomic mass is 10.0. The molecule has 0 aromatic carbocycles. The number of methoxy groups -OCH3 is 1. The van der Waals surface area contributed by atoms with Gasteiger partial charge in [0.1, 0.15) is 17.7 Å². The molecule has 0 aliphatic rings. The van der Waals surface area contributed by atoms with E-state index in [0.29, 0.717) is 0 Å². The second kappa shape index (κ2) is 10.6. The van der Waals surface area contributed by atoms with Crippen LogP contribution in [0.3, 0.4) is 0 Å². The molecule has 0 radical (unpaired) electrons. The van der Waals surface area contributed by atoms with Crippen molar-refractivity contribution in [2.24, 2.45) is 5.92 Å². The molecule has 0 spiro atoms. The Morgan fingerprint density at radius 2 is 1.37 bits per heavy atom. The summed E-state index contributed by atoms with van der Waals surface area (Å²) in [6, 6.07) is -1.88. The van der Waals surface area contributed by atoms with E-state index in [2.05, 4.69) is 44.5 Å². The molecular weight excluding hydrogens is 404 g/mol. The molecule has 0 aliphatic heterocycles. The number of hydrogen-bond donors (Lipinski definition) is 2. The molecule has 0 bridgehead atoms. The van der Waals surface area contributed by atoms with Gasteiger partial charge in [-0.25, -0.2) is 9.59 Å². The number of amides is 2. The monoisotopic (exact) mass is 446 g/mol. The Balaban J connectivity index is 5.73. The zero-order valence-corrected chi connectivity index (χ0v) is 21.8. The Kier molecular flexibility index (Phi) is 10.0. The van der Waals surface area contributed by atoms with Gasteiger partial charge in [0.2, 0.25) is 5.91 Å². The summed E-state index contributed by atoms with van der Waals surface area (Å²) in [6.07, 6.45) is -1.36. The normalized spacial score (nSPS) is 15.8. The van der Waals surface area contributed by atoms with Crippen molar-refractivity contribution in [2.75, 3.05) is 7.11 Å². The van der Waals surface area contributed by atoms with Crippen molar-refractivity contribution in [3.05, 3.63) is 0 Å². The second-order valence-corrected chi connectivity index (χ2v) is 15.2. The maximum Gasteiger partial charge on any atom is 0.408 e. The molecule has 0 rings (SSSR count). The number of carbonyl (C=O) groups is 3. The summed E-state index contributed by atoms with van der Waals surface area (Å²) >= 11 is 0. The average molecular weight is 447 g/mol. The van der Waals surface area contributed by atoms with Crippen molar-refractivity contribution >= 4 is 26.3 Å². The molecule has 2 amide bonds. The molecule has 8 nitrogen and oxygen atoms in total. The Labute approximate surface area is 182 Å². The number of carbonyl (C=O) groups excluding carboxylic acids is 3. The van der Waals surface area contributed by atoms with Gasteiger partial charge in [0, 0.05) is 0 Å². The quantitative estimate of drug-likeness (QED) is 0.436. The SMILES string of the molecule is COC(=O)[C@@H](NC(=O)[C@@H](NC(=O)OC(C)(C)C)[C@@H](C)O[Si](C)(C)C(C)(C)C)C(C)C. The van der Waals surface area contributed by atoms with E-state index >= 15 is 0 Å². The van der Waals surface area contributed by atoms with Gasteiger partial charge < -0.3 is 24.5 Å². The summed E-state index contributed by atoms with van der Waals surface area (Å²) in [5.41, 5.74) is -0.721. The van der Waals surface area contributed by atoms with E-state index in [1.165, 1.54) is 7.11 Å². The van der Waals surface area contributed by atoms with Crippen LogP contribution in [-0.2, 0) is 23.5 Å². The lowest BCUT2D eigenvalue weighted by Crippen LogP contribution is -2.59. The molecule has 0 unspecified atom stereocenters. The first-order valence-corrected chi connectivity index (χ1v) is 13.3. The fourth-order valence-corrected chi connectivity index (χ4v) is 3.83. The van der Waals surface area contributed by atoms with E-state index in [1.54, 1.807) is 41.5 Å². The van der Waals surface area contributed by atoms with Crippen molar-refractivity contribution in [3.63, 3.8) is 0 Å². The highest BCUT2D eigenvalue weighted by Crippen LogP contribution is 2.37. The van der Waals surface area contributed by atoms with E-state index < -0.39 is 50.1 Å². The van der Waals surface area contributed by atoms with Crippen LogP contribution in [0.15, 0.2) is 0 Å². The lowest BCUT2D eigenvalue weighted by Gasteiger charge is -2.40. The van der Waals surface area contributed by atoms with E-state index in [9.17, 15) is 14.4 Å². The fraction of sp³-hybridized carbons (Fsp3) is 0.857. The molecule has 2 N–H and O–H groups in total. The highest BCUT2D eigenvalue weighted by atomic mass is 28.4. The third kappa shape index (κ3) is 9.03. The van der Waals surface area contributed by atoms with Crippen molar-refractivity contribution in [2.45, 2.75) is 104 Å². The van der Waals surface area contributed by atoms with Crippen LogP contribution in [0.2, 0.25) is 18.1 Å². The van der Waals surface area contributed by atoms with Gasteiger partial charge in [0.25, 0.3) is 0 Å². The highest BCUT2D eigenvalue weighted by molar-refractivity contribution is 6.74. The number of nitrogens with one attached hydrogen (secondary N) is 2.